The van der Waals surface area contributed by atoms with Crippen LogP contribution in [0.5, 0.6) is 11.5 Å². The molecule has 1 atom stereocenters. The maximum absolute atomic E-state index is 12.1. The molecule has 0 aliphatic carbocycles. The van der Waals surface area contributed by atoms with Crippen molar-refractivity contribution in [1.82, 2.24) is 5.32 Å². The van der Waals surface area contributed by atoms with Crippen LogP contribution in [0.15, 0.2) is 48.5 Å². The zero-order valence-corrected chi connectivity index (χ0v) is 15.1. The van der Waals surface area contributed by atoms with Gasteiger partial charge in [-0.3, -0.25) is 4.79 Å². The Morgan fingerprint density at radius 2 is 1.28 bits per heavy atom. The van der Waals surface area contributed by atoms with Crippen molar-refractivity contribution in [1.29, 1.82) is 0 Å². The van der Waals surface area contributed by atoms with Gasteiger partial charge in [0.1, 0.15) is 18.1 Å². The molecule has 156 valence electrons. The first-order valence-electron chi connectivity index (χ1n) is 8.32. The van der Waals surface area contributed by atoms with E-state index in [-0.39, 0.29) is 29.2 Å². The maximum Gasteiger partial charge on any atom is 0.387 e. The summed E-state index contributed by atoms with van der Waals surface area (Å²) in [6.45, 7) is -4.48. The van der Waals surface area contributed by atoms with Crippen molar-refractivity contribution in [3.63, 3.8) is 0 Å². The van der Waals surface area contributed by atoms with E-state index in [0.717, 1.165) is 0 Å². The van der Waals surface area contributed by atoms with Crippen LogP contribution in [-0.4, -0.2) is 37.7 Å². The van der Waals surface area contributed by atoms with Gasteiger partial charge in [-0.1, -0.05) is 0 Å². The first-order valence-corrected chi connectivity index (χ1v) is 8.32. The Labute approximate surface area is 163 Å². The molecule has 0 aromatic heterocycles. The molecule has 1 N–H and O–H groups in total. The van der Waals surface area contributed by atoms with E-state index in [4.69, 9.17) is 4.74 Å². The van der Waals surface area contributed by atoms with Gasteiger partial charge < -0.3 is 19.5 Å². The van der Waals surface area contributed by atoms with Crippen molar-refractivity contribution in [2.45, 2.75) is 26.2 Å². The summed E-state index contributed by atoms with van der Waals surface area (Å²) >= 11 is 0. The molecule has 0 heterocycles. The van der Waals surface area contributed by atoms with Crippen molar-refractivity contribution in [2.24, 2.45) is 0 Å². The third-order valence-corrected chi connectivity index (χ3v) is 3.50. The third-order valence-electron chi connectivity index (χ3n) is 3.50. The van der Waals surface area contributed by atoms with Crippen LogP contribution in [0.2, 0.25) is 0 Å². The molecule has 0 radical (unpaired) electrons. The van der Waals surface area contributed by atoms with Crippen LogP contribution in [0.25, 0.3) is 0 Å². The molecule has 0 bridgehead atoms. The molecule has 29 heavy (non-hydrogen) atoms. The van der Waals surface area contributed by atoms with Crippen molar-refractivity contribution in [2.75, 3.05) is 6.61 Å². The summed E-state index contributed by atoms with van der Waals surface area (Å²) in [5.74, 6) is -1.38. The Balaban J connectivity index is 1.81. The number of carbonyl (C=O) groups is 2. The number of ether oxygens (including phenoxy) is 3. The number of amides is 1. The highest BCUT2D eigenvalue weighted by Crippen LogP contribution is 2.16. The van der Waals surface area contributed by atoms with Gasteiger partial charge in [-0.15, -0.1) is 0 Å². The lowest BCUT2D eigenvalue weighted by molar-refractivity contribution is -0.0505. The number of carbonyl (C=O) groups excluding carboxylic acids is 2. The first kappa shape index (κ1) is 22.0. The number of benzene rings is 2. The van der Waals surface area contributed by atoms with Crippen LogP contribution in [0, 0.1) is 0 Å². The molecule has 2 aromatic carbocycles. The fraction of sp³-hybridized carbons (Fsp3) is 0.263. The summed E-state index contributed by atoms with van der Waals surface area (Å²) in [6, 6.07) is 9.48. The van der Waals surface area contributed by atoms with Gasteiger partial charge in [0, 0.05) is 5.56 Å². The summed E-state index contributed by atoms with van der Waals surface area (Å²) < 4.78 is 61.9. The van der Waals surface area contributed by atoms with Gasteiger partial charge in [-0.05, 0) is 55.5 Å². The predicted molar refractivity (Wildman–Crippen MR) is 93.4 cm³/mol. The van der Waals surface area contributed by atoms with E-state index in [1.807, 2.05) is 0 Å². The first-order chi connectivity index (χ1) is 13.7. The van der Waals surface area contributed by atoms with E-state index in [1.54, 1.807) is 6.92 Å². The number of alkyl halides is 4. The molecule has 0 spiro atoms. The summed E-state index contributed by atoms with van der Waals surface area (Å²) in [6.07, 6.45) is 0. The average Bonchev–Trinajstić information content (AvgIpc) is 2.66. The third kappa shape index (κ3) is 7.32. The molecule has 2 rings (SSSR count). The highest BCUT2D eigenvalue weighted by molar-refractivity contribution is 5.94. The van der Waals surface area contributed by atoms with Gasteiger partial charge in [-0.2, -0.15) is 17.6 Å². The van der Waals surface area contributed by atoms with E-state index in [1.165, 1.54) is 48.5 Å². The molecule has 0 saturated carbocycles. The van der Waals surface area contributed by atoms with Crippen molar-refractivity contribution >= 4 is 11.9 Å². The van der Waals surface area contributed by atoms with Gasteiger partial charge in [0.25, 0.3) is 5.91 Å². The topological polar surface area (TPSA) is 73.9 Å². The Morgan fingerprint density at radius 1 is 0.828 bits per heavy atom. The van der Waals surface area contributed by atoms with E-state index >= 15 is 0 Å². The van der Waals surface area contributed by atoms with Crippen LogP contribution in [-0.2, 0) is 4.74 Å². The van der Waals surface area contributed by atoms with Gasteiger partial charge >= 0.3 is 19.2 Å². The average molecular weight is 415 g/mol. The highest BCUT2D eigenvalue weighted by atomic mass is 19.3. The minimum absolute atomic E-state index is 0.0801. The number of nitrogens with one attached hydrogen (secondary N) is 1. The quantitative estimate of drug-likeness (QED) is 0.497. The molecule has 6 nitrogen and oxygen atoms in total. The van der Waals surface area contributed by atoms with Crippen molar-refractivity contribution in [3.05, 3.63) is 59.7 Å². The van der Waals surface area contributed by atoms with Crippen LogP contribution in [0.4, 0.5) is 17.6 Å². The van der Waals surface area contributed by atoms with Gasteiger partial charge in [0.05, 0.1) is 11.6 Å². The molecule has 0 aliphatic heterocycles. The highest BCUT2D eigenvalue weighted by Gasteiger charge is 2.14. The summed E-state index contributed by atoms with van der Waals surface area (Å²) in [5.41, 5.74) is 0.333. The minimum atomic E-state index is -2.97. The Morgan fingerprint density at radius 3 is 1.72 bits per heavy atom. The zero-order chi connectivity index (χ0) is 21.4. The lowest BCUT2D eigenvalue weighted by Crippen LogP contribution is -2.36. The standard InChI is InChI=1S/C19H17F4NO5/c1-11(24-16(25)12-2-6-14(7-3-12)28-18(20)21)10-27-17(26)13-4-8-15(9-5-13)29-19(22)23/h2-9,11,18-19H,10H2,1H3,(H,24,25)/t11-/m1/s1. The van der Waals surface area contributed by atoms with Crippen molar-refractivity contribution < 1.29 is 41.4 Å². The normalized spacial score (nSPS) is 11.8. The fourth-order valence-electron chi connectivity index (χ4n) is 2.19. The SMILES string of the molecule is C[C@H](COC(=O)c1ccc(OC(F)F)cc1)NC(=O)c1ccc(OC(F)F)cc1. The van der Waals surface area contributed by atoms with Crippen LogP contribution < -0.4 is 14.8 Å². The number of hydrogen-bond donors (Lipinski definition) is 1. The second-order valence-electron chi connectivity index (χ2n) is 5.78. The number of hydrogen-bond acceptors (Lipinski definition) is 5. The molecule has 2 aromatic rings. The van der Waals surface area contributed by atoms with Crippen molar-refractivity contribution in [3.8, 4) is 11.5 Å². The minimum Gasteiger partial charge on any atom is -0.460 e. The second kappa shape index (κ2) is 10.3. The molecule has 0 unspecified atom stereocenters. The molecular formula is C19H17F4NO5. The van der Waals surface area contributed by atoms with E-state index in [9.17, 15) is 27.2 Å². The fourth-order valence-corrected chi connectivity index (χ4v) is 2.19. The summed E-state index contributed by atoms with van der Waals surface area (Å²) in [7, 11) is 0. The summed E-state index contributed by atoms with van der Waals surface area (Å²) in [5, 5.41) is 2.59. The van der Waals surface area contributed by atoms with Crippen LogP contribution in [0.3, 0.4) is 0 Å². The Kier molecular flexibility index (Phi) is 7.81. The number of halogens is 4. The van der Waals surface area contributed by atoms with Crippen LogP contribution >= 0.6 is 0 Å². The van der Waals surface area contributed by atoms with Gasteiger partial charge in [0.2, 0.25) is 0 Å². The lowest BCUT2D eigenvalue weighted by atomic mass is 10.2. The second-order valence-corrected chi connectivity index (χ2v) is 5.78. The smallest absolute Gasteiger partial charge is 0.387 e. The maximum atomic E-state index is 12.1. The summed E-state index contributed by atoms with van der Waals surface area (Å²) in [4.78, 5) is 24.1. The molecule has 1 amide bonds. The Hall–Kier alpha value is -3.30. The monoisotopic (exact) mass is 415 g/mol. The predicted octanol–water partition coefficient (Wildman–Crippen LogP) is 3.86. The molecule has 0 saturated heterocycles. The largest absolute Gasteiger partial charge is 0.460 e. The molecule has 0 fully saturated rings. The van der Waals surface area contributed by atoms with E-state index in [0.29, 0.717) is 0 Å². The van der Waals surface area contributed by atoms with Gasteiger partial charge in [-0.25, -0.2) is 4.79 Å². The number of rotatable bonds is 9. The number of esters is 1. The molecular weight excluding hydrogens is 398 g/mol. The van der Waals surface area contributed by atoms with Crippen LogP contribution in [0.1, 0.15) is 27.6 Å². The van der Waals surface area contributed by atoms with E-state index < -0.39 is 31.1 Å². The van der Waals surface area contributed by atoms with E-state index in [2.05, 4.69) is 14.8 Å². The molecule has 0 aliphatic rings. The Bertz CT molecular complexity index is 812. The van der Waals surface area contributed by atoms with Gasteiger partial charge in [0.15, 0.2) is 0 Å². The molecule has 10 heteroatoms. The zero-order valence-electron chi connectivity index (χ0n) is 15.1. The lowest BCUT2D eigenvalue weighted by Gasteiger charge is -2.14.